The zero-order valence-corrected chi connectivity index (χ0v) is 11.1. The third-order valence-corrected chi connectivity index (χ3v) is 3.64. The normalized spacial score (nSPS) is 16.4. The number of hydrogen-bond donors (Lipinski definition) is 1. The van der Waals surface area contributed by atoms with E-state index in [2.05, 4.69) is 24.5 Å². The summed E-state index contributed by atoms with van der Waals surface area (Å²) in [5.41, 5.74) is 4.72. The van der Waals surface area contributed by atoms with E-state index in [0.717, 1.165) is 24.2 Å². The van der Waals surface area contributed by atoms with Crippen molar-refractivity contribution in [2.45, 2.75) is 46.6 Å². The first-order valence-corrected chi connectivity index (χ1v) is 6.44. The van der Waals surface area contributed by atoms with Crippen LogP contribution in [0.3, 0.4) is 0 Å². The number of phenolic OH excluding ortho intramolecular Hbond substituents is 1. The third kappa shape index (κ3) is 2.68. The maximum atomic E-state index is 10.1. The summed E-state index contributed by atoms with van der Waals surface area (Å²) < 4.78 is 2.40. The summed E-state index contributed by atoms with van der Waals surface area (Å²) in [6, 6.07) is 4.13. The molecule has 0 aromatic heterocycles. The molecule has 0 unspecified atom stereocenters. The molecule has 0 bridgehead atoms. The van der Waals surface area contributed by atoms with Crippen LogP contribution in [0, 0.1) is 13.8 Å². The maximum absolute atomic E-state index is 10.1. The summed E-state index contributed by atoms with van der Waals surface area (Å²) >= 11 is 0. The molecular formula is C15H22NO+. The Morgan fingerprint density at radius 1 is 1.18 bits per heavy atom. The molecule has 0 fully saturated rings. The molecule has 92 valence electrons. The number of rotatable bonds is 2. The van der Waals surface area contributed by atoms with Crippen molar-refractivity contribution in [3.05, 3.63) is 28.8 Å². The van der Waals surface area contributed by atoms with E-state index in [0.29, 0.717) is 5.75 Å². The average molecular weight is 232 g/mol. The first kappa shape index (κ1) is 12.2. The molecule has 2 heteroatoms. The van der Waals surface area contributed by atoms with Gasteiger partial charge in [-0.25, -0.2) is 4.58 Å². The second kappa shape index (κ2) is 4.91. The first-order valence-electron chi connectivity index (χ1n) is 6.44. The predicted octanol–water partition coefficient (Wildman–Crippen LogP) is 3.17. The van der Waals surface area contributed by atoms with E-state index < -0.39 is 0 Å². The minimum atomic E-state index is 0.467. The van der Waals surface area contributed by atoms with Crippen molar-refractivity contribution >= 4 is 5.71 Å². The van der Waals surface area contributed by atoms with Gasteiger partial charge in [0.15, 0.2) is 6.54 Å². The highest BCUT2D eigenvalue weighted by Crippen LogP contribution is 2.25. The van der Waals surface area contributed by atoms with Gasteiger partial charge in [-0.05, 0) is 31.9 Å². The fourth-order valence-electron chi connectivity index (χ4n) is 2.62. The molecule has 0 amide bonds. The van der Waals surface area contributed by atoms with Gasteiger partial charge in [-0.3, -0.25) is 0 Å². The number of phenols is 1. The van der Waals surface area contributed by atoms with Gasteiger partial charge in [0.05, 0.1) is 5.56 Å². The summed E-state index contributed by atoms with van der Waals surface area (Å²) in [5, 5.41) is 10.1. The van der Waals surface area contributed by atoms with E-state index in [4.69, 9.17) is 0 Å². The van der Waals surface area contributed by atoms with Crippen LogP contribution < -0.4 is 0 Å². The van der Waals surface area contributed by atoms with Crippen LogP contribution in [0.5, 0.6) is 5.75 Å². The van der Waals surface area contributed by atoms with Crippen molar-refractivity contribution < 1.29 is 9.68 Å². The van der Waals surface area contributed by atoms with Crippen LogP contribution in [-0.2, 0) is 6.54 Å². The number of nitrogens with zero attached hydrogens (tertiary/aromatic N) is 1. The minimum Gasteiger partial charge on any atom is -0.507 e. The third-order valence-electron chi connectivity index (χ3n) is 3.64. The predicted molar refractivity (Wildman–Crippen MR) is 70.9 cm³/mol. The number of benzene rings is 1. The monoisotopic (exact) mass is 232 g/mol. The largest absolute Gasteiger partial charge is 0.507 e. The van der Waals surface area contributed by atoms with Gasteiger partial charge in [-0.2, -0.15) is 0 Å². The standard InChI is InChI=1S/C15H21NO/c1-11-8-12(2)15(17)14(9-11)10-16-7-5-4-6-13(16)3/h8-9H,4-7,10H2,1-3H3/p+1. The quantitative estimate of drug-likeness (QED) is 0.778. The van der Waals surface area contributed by atoms with Crippen LogP contribution in [0.1, 0.15) is 42.9 Å². The Labute approximate surface area is 104 Å². The molecule has 0 radical (unpaired) electrons. The van der Waals surface area contributed by atoms with Crippen molar-refractivity contribution in [2.24, 2.45) is 0 Å². The van der Waals surface area contributed by atoms with Crippen LogP contribution in [0.25, 0.3) is 0 Å². The van der Waals surface area contributed by atoms with Gasteiger partial charge in [0, 0.05) is 19.8 Å². The van der Waals surface area contributed by atoms with Gasteiger partial charge >= 0.3 is 0 Å². The van der Waals surface area contributed by atoms with Crippen molar-refractivity contribution in [1.29, 1.82) is 0 Å². The molecule has 1 aromatic carbocycles. The lowest BCUT2D eigenvalue weighted by Gasteiger charge is -2.14. The summed E-state index contributed by atoms with van der Waals surface area (Å²) in [5.74, 6) is 0.467. The van der Waals surface area contributed by atoms with Gasteiger partial charge < -0.3 is 5.11 Å². The van der Waals surface area contributed by atoms with Crippen LogP contribution in [0.2, 0.25) is 0 Å². The Morgan fingerprint density at radius 3 is 2.65 bits per heavy atom. The molecule has 2 nitrogen and oxygen atoms in total. The van der Waals surface area contributed by atoms with E-state index >= 15 is 0 Å². The lowest BCUT2D eigenvalue weighted by atomic mass is 10.0. The molecule has 1 aliphatic heterocycles. The van der Waals surface area contributed by atoms with Crippen LogP contribution in [0.4, 0.5) is 0 Å². The Balaban J connectivity index is 2.30. The van der Waals surface area contributed by atoms with Gasteiger partial charge in [-0.15, -0.1) is 0 Å². The number of aryl methyl sites for hydroxylation is 2. The van der Waals surface area contributed by atoms with E-state index in [1.807, 2.05) is 13.0 Å². The van der Waals surface area contributed by atoms with Crippen molar-refractivity contribution in [1.82, 2.24) is 0 Å². The van der Waals surface area contributed by atoms with Crippen molar-refractivity contribution in [3.63, 3.8) is 0 Å². The Kier molecular flexibility index (Phi) is 3.51. The highest BCUT2D eigenvalue weighted by Gasteiger charge is 2.18. The van der Waals surface area contributed by atoms with E-state index in [1.165, 1.54) is 30.5 Å². The maximum Gasteiger partial charge on any atom is 0.171 e. The second-order valence-electron chi connectivity index (χ2n) is 5.20. The van der Waals surface area contributed by atoms with E-state index in [1.54, 1.807) is 0 Å². The fraction of sp³-hybridized carbons (Fsp3) is 0.533. The topological polar surface area (TPSA) is 23.2 Å². The Morgan fingerprint density at radius 2 is 1.94 bits per heavy atom. The Hall–Kier alpha value is -1.31. The first-order chi connectivity index (χ1) is 8.08. The van der Waals surface area contributed by atoms with Gasteiger partial charge in [0.25, 0.3) is 0 Å². The molecule has 1 aromatic rings. The molecule has 1 N–H and O–H groups in total. The number of hydrogen-bond acceptors (Lipinski definition) is 1. The molecule has 0 saturated carbocycles. The number of aromatic hydroxyl groups is 1. The van der Waals surface area contributed by atoms with Crippen molar-refractivity contribution in [2.75, 3.05) is 6.54 Å². The highest BCUT2D eigenvalue weighted by molar-refractivity contribution is 5.77. The lowest BCUT2D eigenvalue weighted by Crippen LogP contribution is -2.24. The zero-order chi connectivity index (χ0) is 12.4. The smallest absolute Gasteiger partial charge is 0.171 e. The van der Waals surface area contributed by atoms with Crippen LogP contribution in [-0.4, -0.2) is 21.9 Å². The SMILES string of the molecule is CC1=[N+](Cc2cc(C)cc(C)c2O)CCCC1. The second-order valence-corrected chi connectivity index (χ2v) is 5.20. The fourth-order valence-corrected chi connectivity index (χ4v) is 2.62. The molecule has 1 heterocycles. The lowest BCUT2D eigenvalue weighted by molar-refractivity contribution is -0.549. The summed E-state index contributed by atoms with van der Waals surface area (Å²) in [4.78, 5) is 0. The molecule has 1 aliphatic rings. The summed E-state index contributed by atoms with van der Waals surface area (Å²) in [6.45, 7) is 8.23. The molecule has 0 spiro atoms. The summed E-state index contributed by atoms with van der Waals surface area (Å²) in [6.07, 6.45) is 3.77. The van der Waals surface area contributed by atoms with Crippen LogP contribution in [0.15, 0.2) is 12.1 Å². The van der Waals surface area contributed by atoms with Gasteiger partial charge in [0.1, 0.15) is 18.0 Å². The van der Waals surface area contributed by atoms with Crippen molar-refractivity contribution in [3.8, 4) is 5.75 Å². The van der Waals surface area contributed by atoms with Gasteiger partial charge in [0.2, 0.25) is 0 Å². The zero-order valence-electron chi connectivity index (χ0n) is 11.1. The molecule has 2 rings (SSSR count). The van der Waals surface area contributed by atoms with Crippen LogP contribution >= 0.6 is 0 Å². The minimum absolute atomic E-state index is 0.467. The molecule has 0 saturated heterocycles. The molecule has 17 heavy (non-hydrogen) atoms. The average Bonchev–Trinajstić information content (AvgIpc) is 2.28. The van der Waals surface area contributed by atoms with E-state index in [-0.39, 0.29) is 0 Å². The van der Waals surface area contributed by atoms with E-state index in [9.17, 15) is 5.11 Å². The highest BCUT2D eigenvalue weighted by atomic mass is 16.3. The molecule has 0 atom stereocenters. The Bertz CT molecular complexity index is 460. The summed E-state index contributed by atoms with van der Waals surface area (Å²) in [7, 11) is 0. The molecule has 0 aliphatic carbocycles. The molecular weight excluding hydrogens is 210 g/mol. The van der Waals surface area contributed by atoms with Gasteiger partial charge in [-0.1, -0.05) is 11.6 Å².